The SMILES string of the molecule is CCNC(=O)[C@H](Cc1ccccc1)N(Cc1c(Cl)cccc1Cl)C(=O)CN(c1ccccc1OC)S(=O)(=O)c1ccccc1. The summed E-state index contributed by atoms with van der Waals surface area (Å²) in [6.45, 7) is 1.33. The zero-order valence-electron chi connectivity index (χ0n) is 24.3. The second-order valence-corrected chi connectivity index (χ2v) is 12.5. The molecule has 8 nitrogen and oxygen atoms in total. The third kappa shape index (κ3) is 7.72. The lowest BCUT2D eigenvalue weighted by atomic mass is 10.0. The molecule has 230 valence electrons. The van der Waals surface area contributed by atoms with E-state index in [2.05, 4.69) is 5.32 Å². The fraction of sp³-hybridized carbons (Fsp3) is 0.212. The van der Waals surface area contributed by atoms with Crippen molar-refractivity contribution in [2.75, 3.05) is 24.5 Å². The molecule has 0 aliphatic carbocycles. The van der Waals surface area contributed by atoms with Crippen LogP contribution in [-0.4, -0.2) is 51.4 Å². The van der Waals surface area contributed by atoms with E-state index in [0.29, 0.717) is 22.2 Å². The largest absolute Gasteiger partial charge is 0.495 e. The van der Waals surface area contributed by atoms with Crippen molar-refractivity contribution in [3.8, 4) is 5.75 Å². The number of anilines is 1. The normalized spacial score (nSPS) is 11.8. The summed E-state index contributed by atoms with van der Waals surface area (Å²) in [5.74, 6) is -0.786. The Morgan fingerprint density at radius 3 is 2.05 bits per heavy atom. The van der Waals surface area contributed by atoms with E-state index >= 15 is 0 Å². The van der Waals surface area contributed by atoms with E-state index in [1.54, 1.807) is 67.6 Å². The van der Waals surface area contributed by atoms with Crippen LogP contribution in [0.3, 0.4) is 0 Å². The van der Waals surface area contributed by atoms with Gasteiger partial charge in [-0.2, -0.15) is 0 Å². The average Bonchev–Trinajstić information content (AvgIpc) is 3.03. The van der Waals surface area contributed by atoms with Crippen LogP contribution in [0.5, 0.6) is 5.75 Å². The number of nitrogens with one attached hydrogen (secondary N) is 1. The molecule has 0 saturated heterocycles. The fourth-order valence-corrected chi connectivity index (χ4v) is 6.73. The third-order valence-electron chi connectivity index (χ3n) is 6.98. The molecule has 1 N–H and O–H groups in total. The maximum atomic E-state index is 14.5. The summed E-state index contributed by atoms with van der Waals surface area (Å²) in [7, 11) is -2.85. The number of carbonyl (C=O) groups excluding carboxylic acids is 2. The van der Waals surface area contributed by atoms with Gasteiger partial charge < -0.3 is 15.0 Å². The van der Waals surface area contributed by atoms with Gasteiger partial charge in [-0.25, -0.2) is 8.42 Å². The van der Waals surface area contributed by atoms with Gasteiger partial charge in [-0.3, -0.25) is 13.9 Å². The summed E-state index contributed by atoms with van der Waals surface area (Å²) in [6, 6.07) is 27.6. The molecule has 0 aliphatic rings. The Labute approximate surface area is 268 Å². The van der Waals surface area contributed by atoms with Crippen LogP contribution in [0.15, 0.2) is 108 Å². The quantitative estimate of drug-likeness (QED) is 0.192. The summed E-state index contributed by atoms with van der Waals surface area (Å²) in [4.78, 5) is 29.4. The highest BCUT2D eigenvalue weighted by Crippen LogP contribution is 2.33. The van der Waals surface area contributed by atoms with Gasteiger partial charge in [-0.05, 0) is 48.9 Å². The lowest BCUT2D eigenvalue weighted by molar-refractivity contribution is -0.140. The number of methoxy groups -OCH3 is 1. The van der Waals surface area contributed by atoms with Crippen LogP contribution in [0.2, 0.25) is 10.0 Å². The van der Waals surface area contributed by atoms with Gasteiger partial charge in [0.05, 0.1) is 17.7 Å². The van der Waals surface area contributed by atoms with Gasteiger partial charge in [0.25, 0.3) is 10.0 Å². The Morgan fingerprint density at radius 2 is 1.43 bits per heavy atom. The Bertz CT molecular complexity index is 1670. The minimum Gasteiger partial charge on any atom is -0.495 e. The first kappa shape index (κ1) is 32.9. The maximum absolute atomic E-state index is 14.5. The van der Waals surface area contributed by atoms with Crippen molar-refractivity contribution < 1.29 is 22.7 Å². The van der Waals surface area contributed by atoms with Gasteiger partial charge in [0.2, 0.25) is 11.8 Å². The summed E-state index contributed by atoms with van der Waals surface area (Å²) in [5, 5.41) is 3.44. The van der Waals surface area contributed by atoms with Crippen molar-refractivity contribution >= 4 is 50.7 Å². The number of hydrogen-bond donors (Lipinski definition) is 1. The Hall–Kier alpha value is -4.05. The molecule has 0 radical (unpaired) electrons. The number of nitrogens with zero attached hydrogens (tertiary/aromatic N) is 2. The van der Waals surface area contributed by atoms with Crippen molar-refractivity contribution in [2.45, 2.75) is 30.8 Å². The van der Waals surface area contributed by atoms with Crippen molar-refractivity contribution in [1.29, 1.82) is 0 Å². The van der Waals surface area contributed by atoms with Gasteiger partial charge in [0.15, 0.2) is 0 Å². The minimum absolute atomic E-state index is 0.0102. The molecule has 0 aliphatic heterocycles. The van der Waals surface area contributed by atoms with E-state index in [4.69, 9.17) is 27.9 Å². The van der Waals surface area contributed by atoms with E-state index < -0.39 is 34.4 Å². The predicted molar refractivity (Wildman–Crippen MR) is 174 cm³/mol. The van der Waals surface area contributed by atoms with E-state index in [0.717, 1.165) is 9.87 Å². The zero-order chi connectivity index (χ0) is 31.7. The maximum Gasteiger partial charge on any atom is 0.264 e. The second kappa shape index (κ2) is 15.1. The number of halogens is 2. The number of amides is 2. The number of carbonyl (C=O) groups is 2. The molecule has 0 aromatic heterocycles. The zero-order valence-corrected chi connectivity index (χ0v) is 26.6. The first-order valence-electron chi connectivity index (χ1n) is 13.9. The van der Waals surface area contributed by atoms with E-state index in [-0.39, 0.29) is 29.3 Å². The van der Waals surface area contributed by atoms with Crippen LogP contribution in [0, 0.1) is 0 Å². The van der Waals surface area contributed by atoms with Crippen molar-refractivity contribution in [3.63, 3.8) is 0 Å². The fourth-order valence-electron chi connectivity index (χ4n) is 4.77. The summed E-state index contributed by atoms with van der Waals surface area (Å²) >= 11 is 13.1. The Kier molecular flexibility index (Phi) is 11.3. The van der Waals surface area contributed by atoms with Crippen molar-refractivity contribution in [3.05, 3.63) is 124 Å². The standard InChI is InChI=1S/C33H33Cl2N3O5S/c1-3-36-33(40)30(21-24-13-6-4-7-14-24)37(22-26-27(34)17-12-18-28(26)35)32(39)23-38(29-19-10-11-20-31(29)43-2)44(41,42)25-15-8-5-9-16-25/h4-20,30H,3,21-23H2,1-2H3,(H,36,40)/t30-/m0/s1. The van der Waals surface area contributed by atoms with Crippen LogP contribution in [0.25, 0.3) is 0 Å². The number of ether oxygens (including phenoxy) is 1. The first-order chi connectivity index (χ1) is 21.2. The highest BCUT2D eigenvalue weighted by atomic mass is 35.5. The Balaban J connectivity index is 1.85. The number of para-hydroxylation sites is 2. The van der Waals surface area contributed by atoms with Gasteiger partial charge >= 0.3 is 0 Å². The van der Waals surface area contributed by atoms with E-state index in [1.807, 2.05) is 30.3 Å². The van der Waals surface area contributed by atoms with E-state index in [1.165, 1.54) is 24.1 Å². The molecule has 11 heteroatoms. The number of sulfonamides is 1. The topological polar surface area (TPSA) is 96.0 Å². The molecule has 1 atom stereocenters. The number of rotatable bonds is 13. The highest BCUT2D eigenvalue weighted by Gasteiger charge is 2.35. The average molecular weight is 655 g/mol. The van der Waals surface area contributed by atoms with Gasteiger partial charge in [-0.1, -0.05) is 89.9 Å². The predicted octanol–water partition coefficient (Wildman–Crippen LogP) is 5.97. The van der Waals surface area contributed by atoms with Crippen LogP contribution >= 0.6 is 23.2 Å². The molecule has 4 aromatic carbocycles. The number of benzene rings is 4. The summed E-state index contributed by atoms with van der Waals surface area (Å²) < 4.78 is 34.7. The van der Waals surface area contributed by atoms with Crippen LogP contribution < -0.4 is 14.4 Å². The van der Waals surface area contributed by atoms with Crippen LogP contribution in [0.1, 0.15) is 18.1 Å². The third-order valence-corrected chi connectivity index (χ3v) is 9.46. The monoisotopic (exact) mass is 653 g/mol. The molecule has 2 amide bonds. The van der Waals surface area contributed by atoms with Gasteiger partial charge in [0, 0.05) is 35.1 Å². The lowest BCUT2D eigenvalue weighted by Crippen LogP contribution is -2.53. The van der Waals surface area contributed by atoms with Crippen LogP contribution in [0.4, 0.5) is 5.69 Å². The smallest absolute Gasteiger partial charge is 0.264 e. The molecule has 0 fully saturated rings. The molecule has 0 saturated carbocycles. The van der Waals surface area contributed by atoms with Crippen LogP contribution in [-0.2, 0) is 32.6 Å². The summed E-state index contributed by atoms with van der Waals surface area (Å²) in [6.07, 6.45) is 0.167. The lowest BCUT2D eigenvalue weighted by Gasteiger charge is -2.34. The number of likely N-dealkylation sites (N-methyl/N-ethyl adjacent to an activating group) is 1. The molecule has 0 heterocycles. The number of hydrogen-bond acceptors (Lipinski definition) is 5. The Morgan fingerprint density at radius 1 is 0.841 bits per heavy atom. The molecule has 4 aromatic rings. The minimum atomic E-state index is -4.27. The van der Waals surface area contributed by atoms with Crippen molar-refractivity contribution in [2.24, 2.45) is 0 Å². The summed E-state index contributed by atoms with van der Waals surface area (Å²) in [5.41, 5.74) is 1.41. The molecule has 4 rings (SSSR count). The van der Waals surface area contributed by atoms with Gasteiger partial charge in [-0.15, -0.1) is 0 Å². The van der Waals surface area contributed by atoms with Crippen molar-refractivity contribution in [1.82, 2.24) is 10.2 Å². The van der Waals surface area contributed by atoms with E-state index in [9.17, 15) is 18.0 Å². The molecule has 44 heavy (non-hydrogen) atoms. The molecule has 0 bridgehead atoms. The highest BCUT2D eigenvalue weighted by molar-refractivity contribution is 7.92. The molecule has 0 unspecified atom stereocenters. The second-order valence-electron chi connectivity index (χ2n) is 9.82. The molecular formula is C33H33Cl2N3O5S. The molecular weight excluding hydrogens is 621 g/mol. The first-order valence-corrected chi connectivity index (χ1v) is 16.1. The van der Waals surface area contributed by atoms with Gasteiger partial charge in [0.1, 0.15) is 18.3 Å². The molecule has 0 spiro atoms.